The molecule has 4 heteroatoms. The molecule has 0 spiro atoms. The SMILES string of the molecule is COc1c(Br)cc(C)cc1[C@@H](O)[C@H](C)N. The van der Waals surface area contributed by atoms with Crippen molar-refractivity contribution in [2.24, 2.45) is 5.73 Å². The lowest BCUT2D eigenvalue weighted by atomic mass is 10.0. The normalized spacial score (nSPS) is 14.8. The summed E-state index contributed by atoms with van der Waals surface area (Å²) in [4.78, 5) is 0. The first-order valence-corrected chi connectivity index (χ1v) is 5.54. The maximum absolute atomic E-state index is 9.93. The highest BCUT2D eigenvalue weighted by Gasteiger charge is 2.19. The van der Waals surface area contributed by atoms with Crippen LogP contribution in [0.5, 0.6) is 5.75 Å². The fraction of sp³-hybridized carbons (Fsp3) is 0.455. The Morgan fingerprint density at radius 2 is 2.07 bits per heavy atom. The second-order valence-corrected chi connectivity index (χ2v) is 4.53. The highest BCUT2D eigenvalue weighted by Crippen LogP contribution is 2.35. The summed E-state index contributed by atoms with van der Waals surface area (Å²) in [5.74, 6) is 0.644. The predicted molar refractivity (Wildman–Crippen MR) is 64.0 cm³/mol. The zero-order chi connectivity index (χ0) is 11.6. The monoisotopic (exact) mass is 273 g/mol. The van der Waals surface area contributed by atoms with Crippen LogP contribution in [0.4, 0.5) is 0 Å². The Morgan fingerprint density at radius 3 is 2.53 bits per heavy atom. The summed E-state index contributed by atoms with van der Waals surface area (Å²) < 4.78 is 6.07. The number of benzene rings is 1. The van der Waals surface area contributed by atoms with Gasteiger partial charge >= 0.3 is 0 Å². The second kappa shape index (κ2) is 4.96. The third-order valence-corrected chi connectivity index (χ3v) is 2.83. The van der Waals surface area contributed by atoms with Crippen molar-refractivity contribution >= 4 is 15.9 Å². The number of methoxy groups -OCH3 is 1. The summed E-state index contributed by atoms with van der Waals surface area (Å²) in [6.45, 7) is 3.72. The molecule has 1 aromatic carbocycles. The van der Waals surface area contributed by atoms with Gasteiger partial charge in [-0.15, -0.1) is 0 Å². The van der Waals surface area contributed by atoms with Crippen LogP contribution >= 0.6 is 15.9 Å². The third kappa shape index (κ3) is 2.71. The van der Waals surface area contributed by atoms with Gasteiger partial charge in [-0.1, -0.05) is 0 Å². The zero-order valence-electron chi connectivity index (χ0n) is 9.12. The molecule has 15 heavy (non-hydrogen) atoms. The number of rotatable bonds is 3. The van der Waals surface area contributed by atoms with E-state index in [4.69, 9.17) is 10.5 Å². The molecule has 1 aromatic rings. The number of aliphatic hydroxyl groups is 1. The maximum atomic E-state index is 9.93. The Kier molecular flexibility index (Phi) is 4.13. The quantitative estimate of drug-likeness (QED) is 0.888. The van der Waals surface area contributed by atoms with Crippen molar-refractivity contribution in [3.63, 3.8) is 0 Å². The van der Waals surface area contributed by atoms with Crippen molar-refractivity contribution in [2.75, 3.05) is 7.11 Å². The van der Waals surface area contributed by atoms with E-state index in [0.717, 1.165) is 15.6 Å². The number of halogens is 1. The summed E-state index contributed by atoms with van der Waals surface area (Å²) in [6, 6.07) is 3.50. The average molecular weight is 274 g/mol. The number of aryl methyl sites for hydroxylation is 1. The van der Waals surface area contributed by atoms with Crippen LogP contribution in [0.25, 0.3) is 0 Å². The molecule has 0 fully saturated rings. The van der Waals surface area contributed by atoms with Crippen LogP contribution in [-0.4, -0.2) is 18.3 Å². The molecule has 0 aliphatic heterocycles. The summed E-state index contributed by atoms with van der Waals surface area (Å²) in [5, 5.41) is 9.93. The molecule has 84 valence electrons. The van der Waals surface area contributed by atoms with Gasteiger partial charge in [-0.05, 0) is 47.5 Å². The molecule has 3 N–H and O–H groups in total. The van der Waals surface area contributed by atoms with E-state index < -0.39 is 6.10 Å². The van der Waals surface area contributed by atoms with Crippen molar-refractivity contribution in [3.8, 4) is 5.75 Å². The van der Waals surface area contributed by atoms with Gasteiger partial charge in [-0.3, -0.25) is 0 Å². The van der Waals surface area contributed by atoms with E-state index in [9.17, 15) is 5.11 Å². The van der Waals surface area contributed by atoms with Gasteiger partial charge in [0.15, 0.2) is 0 Å². The molecule has 0 unspecified atom stereocenters. The minimum atomic E-state index is -0.712. The topological polar surface area (TPSA) is 55.5 Å². The Hall–Kier alpha value is -0.580. The molecule has 0 amide bonds. The number of hydrogen-bond donors (Lipinski definition) is 2. The van der Waals surface area contributed by atoms with Gasteiger partial charge in [0.2, 0.25) is 0 Å². The van der Waals surface area contributed by atoms with Crippen LogP contribution in [0.1, 0.15) is 24.2 Å². The molecule has 2 atom stereocenters. The molecule has 0 aromatic heterocycles. The highest BCUT2D eigenvalue weighted by molar-refractivity contribution is 9.10. The largest absolute Gasteiger partial charge is 0.495 e. The molecule has 0 saturated carbocycles. The fourth-order valence-corrected chi connectivity index (χ4v) is 2.23. The minimum absolute atomic E-state index is 0.326. The molecule has 0 aliphatic carbocycles. The van der Waals surface area contributed by atoms with Gasteiger partial charge in [0, 0.05) is 11.6 Å². The second-order valence-electron chi connectivity index (χ2n) is 3.67. The van der Waals surface area contributed by atoms with E-state index in [0.29, 0.717) is 5.75 Å². The van der Waals surface area contributed by atoms with E-state index in [1.807, 2.05) is 19.1 Å². The Bertz CT molecular complexity index is 353. The van der Waals surface area contributed by atoms with Crippen LogP contribution in [0, 0.1) is 6.92 Å². The highest BCUT2D eigenvalue weighted by atomic mass is 79.9. The van der Waals surface area contributed by atoms with Crippen LogP contribution < -0.4 is 10.5 Å². The lowest BCUT2D eigenvalue weighted by Gasteiger charge is -2.19. The van der Waals surface area contributed by atoms with Crippen molar-refractivity contribution < 1.29 is 9.84 Å². The zero-order valence-corrected chi connectivity index (χ0v) is 10.7. The number of nitrogens with two attached hydrogens (primary N) is 1. The van der Waals surface area contributed by atoms with E-state index in [-0.39, 0.29) is 6.04 Å². The minimum Gasteiger partial charge on any atom is -0.495 e. The van der Waals surface area contributed by atoms with Crippen LogP contribution in [0.2, 0.25) is 0 Å². The Morgan fingerprint density at radius 1 is 1.47 bits per heavy atom. The van der Waals surface area contributed by atoms with Crippen LogP contribution in [-0.2, 0) is 0 Å². The van der Waals surface area contributed by atoms with Gasteiger partial charge < -0.3 is 15.6 Å². The smallest absolute Gasteiger partial charge is 0.138 e. The first-order valence-electron chi connectivity index (χ1n) is 4.75. The molecule has 0 bridgehead atoms. The van der Waals surface area contributed by atoms with Crippen molar-refractivity contribution in [1.82, 2.24) is 0 Å². The van der Waals surface area contributed by atoms with Gasteiger partial charge in [0.05, 0.1) is 17.7 Å². The van der Waals surface area contributed by atoms with Crippen molar-refractivity contribution in [1.29, 1.82) is 0 Å². The lowest BCUT2D eigenvalue weighted by molar-refractivity contribution is 0.149. The molecule has 3 nitrogen and oxygen atoms in total. The average Bonchev–Trinajstić information content (AvgIpc) is 2.15. The summed E-state index contributed by atoms with van der Waals surface area (Å²) >= 11 is 3.40. The molecule has 0 radical (unpaired) electrons. The van der Waals surface area contributed by atoms with Gasteiger partial charge in [0.1, 0.15) is 5.75 Å². The Labute approximate surface area is 98.4 Å². The number of hydrogen-bond acceptors (Lipinski definition) is 3. The number of aliphatic hydroxyl groups excluding tert-OH is 1. The lowest BCUT2D eigenvalue weighted by Crippen LogP contribution is -2.24. The van der Waals surface area contributed by atoms with Crippen LogP contribution in [0.3, 0.4) is 0 Å². The first-order chi connectivity index (χ1) is 6.97. The molecule has 0 saturated heterocycles. The predicted octanol–water partition coefficient (Wildman–Crippen LogP) is 2.15. The van der Waals surface area contributed by atoms with Gasteiger partial charge in [-0.2, -0.15) is 0 Å². The standard InChI is InChI=1S/C11H16BrNO2/c1-6-4-8(10(14)7(2)13)11(15-3)9(12)5-6/h4-5,7,10,14H,13H2,1-3H3/t7-,10-/m0/s1. The molecular weight excluding hydrogens is 258 g/mol. The van der Waals surface area contributed by atoms with E-state index in [1.165, 1.54) is 0 Å². The van der Waals surface area contributed by atoms with Crippen molar-refractivity contribution in [2.45, 2.75) is 26.0 Å². The molecular formula is C11H16BrNO2. The van der Waals surface area contributed by atoms with Crippen LogP contribution in [0.15, 0.2) is 16.6 Å². The first kappa shape index (κ1) is 12.5. The van der Waals surface area contributed by atoms with E-state index in [1.54, 1.807) is 14.0 Å². The fourth-order valence-electron chi connectivity index (χ4n) is 1.47. The number of ether oxygens (including phenoxy) is 1. The van der Waals surface area contributed by atoms with E-state index in [2.05, 4.69) is 15.9 Å². The molecule has 1 rings (SSSR count). The molecule has 0 heterocycles. The van der Waals surface area contributed by atoms with Gasteiger partial charge in [0.25, 0.3) is 0 Å². The Balaban J connectivity index is 3.26. The summed E-state index contributed by atoms with van der Waals surface area (Å²) in [5.41, 5.74) is 7.45. The molecule has 0 aliphatic rings. The van der Waals surface area contributed by atoms with Gasteiger partial charge in [-0.25, -0.2) is 0 Å². The van der Waals surface area contributed by atoms with E-state index >= 15 is 0 Å². The summed E-state index contributed by atoms with van der Waals surface area (Å²) in [7, 11) is 1.58. The van der Waals surface area contributed by atoms with Crippen molar-refractivity contribution in [3.05, 3.63) is 27.7 Å². The summed E-state index contributed by atoms with van der Waals surface area (Å²) in [6.07, 6.45) is -0.712. The third-order valence-electron chi connectivity index (χ3n) is 2.24. The maximum Gasteiger partial charge on any atom is 0.138 e.